The van der Waals surface area contributed by atoms with Crippen molar-refractivity contribution in [1.29, 1.82) is 0 Å². The predicted molar refractivity (Wildman–Crippen MR) is 72.6 cm³/mol. The normalized spacial score (nSPS) is 10.5. The molecule has 0 aliphatic rings. The van der Waals surface area contributed by atoms with Crippen molar-refractivity contribution in [2.75, 3.05) is 5.73 Å². The molecule has 0 unspecified atom stereocenters. The van der Waals surface area contributed by atoms with E-state index in [1.165, 1.54) is 5.56 Å². The van der Waals surface area contributed by atoms with E-state index >= 15 is 0 Å². The summed E-state index contributed by atoms with van der Waals surface area (Å²) in [6.07, 6.45) is 0. The van der Waals surface area contributed by atoms with Crippen molar-refractivity contribution in [3.8, 4) is 0 Å². The van der Waals surface area contributed by atoms with Crippen LogP contribution in [0.4, 0.5) is 5.95 Å². The maximum absolute atomic E-state index is 6.01. The average molecular weight is 290 g/mol. The van der Waals surface area contributed by atoms with Crippen LogP contribution in [-0.4, -0.2) is 14.6 Å². The van der Waals surface area contributed by atoms with Gasteiger partial charge in [-0.05, 0) is 19.4 Å². The van der Waals surface area contributed by atoms with E-state index in [0.717, 1.165) is 17.2 Å². The first-order valence-electron chi connectivity index (χ1n) is 6.21. The van der Waals surface area contributed by atoms with Crippen molar-refractivity contribution in [2.24, 2.45) is 0 Å². The number of anilines is 1. The minimum atomic E-state index is 0. The largest absolute Gasteiger partial charge is 1.00 e. The lowest BCUT2D eigenvalue weighted by molar-refractivity contribution is -0.650. The number of nitrogen functional groups attached to an aromatic ring is 1. The number of fused-ring (bicyclic) bond motifs is 1. The minimum Gasteiger partial charge on any atom is -1.00 e. The van der Waals surface area contributed by atoms with Gasteiger partial charge in [0.2, 0.25) is 0 Å². The van der Waals surface area contributed by atoms with E-state index in [4.69, 9.17) is 5.73 Å². The summed E-state index contributed by atoms with van der Waals surface area (Å²) in [5.41, 5.74) is 9.18. The monoisotopic (exact) mass is 289 g/mol. The number of nitrogens with zero attached hydrogens (tertiary/aromatic N) is 4. The average Bonchev–Trinajstić information content (AvgIpc) is 2.69. The Kier molecular flexibility index (Phi) is 3.90. The SMILES string of the molecule is Cc1cc(C)n2nc(N)[n+](Cc3ccccc3)c2n1.[Cl-]. The first kappa shape index (κ1) is 14.3. The predicted octanol–water partition coefficient (Wildman–Crippen LogP) is -1.73. The Labute approximate surface area is 123 Å². The van der Waals surface area contributed by atoms with Gasteiger partial charge in [-0.3, -0.25) is 0 Å². The lowest BCUT2D eigenvalue weighted by Crippen LogP contribution is -3.00. The Morgan fingerprint density at radius 1 is 1.20 bits per heavy atom. The standard InChI is InChI=1S/C14H16N5.ClH/c1-10-8-11(2)19-14(16-10)18(13(15)17-19)9-12-6-4-3-5-7-12;/h3-8H,9H2,1-2H3,(H2,15,17);1H/q+1;/p-1. The fourth-order valence-corrected chi connectivity index (χ4v) is 2.23. The van der Waals surface area contributed by atoms with Gasteiger partial charge in [-0.2, -0.15) is 0 Å². The number of aryl methyl sites for hydroxylation is 2. The van der Waals surface area contributed by atoms with E-state index in [1.807, 2.05) is 42.7 Å². The fourth-order valence-electron chi connectivity index (χ4n) is 2.23. The fraction of sp³-hybridized carbons (Fsp3) is 0.214. The van der Waals surface area contributed by atoms with Crippen molar-refractivity contribution < 1.29 is 17.0 Å². The van der Waals surface area contributed by atoms with E-state index in [1.54, 1.807) is 4.52 Å². The Morgan fingerprint density at radius 2 is 1.90 bits per heavy atom. The molecule has 3 rings (SSSR count). The lowest BCUT2D eigenvalue weighted by atomic mass is 10.2. The number of hydrogen-bond acceptors (Lipinski definition) is 3. The van der Waals surface area contributed by atoms with E-state index in [2.05, 4.69) is 22.2 Å². The van der Waals surface area contributed by atoms with Gasteiger partial charge in [-0.25, -0.2) is 4.57 Å². The van der Waals surface area contributed by atoms with Crippen LogP contribution in [0.1, 0.15) is 17.0 Å². The highest BCUT2D eigenvalue weighted by Gasteiger charge is 2.19. The third kappa shape index (κ3) is 2.44. The first-order chi connectivity index (χ1) is 9.15. The third-order valence-electron chi connectivity index (χ3n) is 3.12. The summed E-state index contributed by atoms with van der Waals surface area (Å²) in [5.74, 6) is 1.25. The summed E-state index contributed by atoms with van der Waals surface area (Å²) in [6, 6.07) is 12.2. The van der Waals surface area contributed by atoms with Crippen molar-refractivity contribution in [3.05, 3.63) is 53.3 Å². The Morgan fingerprint density at radius 3 is 2.60 bits per heavy atom. The van der Waals surface area contributed by atoms with E-state index in [9.17, 15) is 0 Å². The van der Waals surface area contributed by atoms with Crippen LogP contribution in [-0.2, 0) is 6.54 Å². The summed E-state index contributed by atoms with van der Waals surface area (Å²) in [6.45, 7) is 4.65. The van der Waals surface area contributed by atoms with Crippen LogP contribution in [0.15, 0.2) is 36.4 Å². The Hall–Kier alpha value is -2.14. The van der Waals surface area contributed by atoms with Crippen LogP contribution in [0.3, 0.4) is 0 Å². The van der Waals surface area contributed by atoms with Crippen LogP contribution in [0.25, 0.3) is 5.78 Å². The zero-order chi connectivity index (χ0) is 13.4. The van der Waals surface area contributed by atoms with Crippen molar-refractivity contribution in [2.45, 2.75) is 20.4 Å². The molecule has 0 amide bonds. The van der Waals surface area contributed by atoms with Gasteiger partial charge in [0, 0.05) is 11.2 Å². The molecule has 2 heterocycles. The molecule has 0 bridgehead atoms. The molecular weight excluding hydrogens is 274 g/mol. The second-order valence-corrected chi connectivity index (χ2v) is 4.68. The van der Waals surface area contributed by atoms with Crippen LogP contribution in [0, 0.1) is 13.8 Å². The van der Waals surface area contributed by atoms with Gasteiger partial charge in [0.25, 0.3) is 0 Å². The number of benzene rings is 1. The van der Waals surface area contributed by atoms with Gasteiger partial charge in [-0.15, -0.1) is 9.50 Å². The quantitative estimate of drug-likeness (QED) is 0.570. The molecule has 6 heteroatoms. The van der Waals surface area contributed by atoms with Gasteiger partial charge >= 0.3 is 11.7 Å². The van der Waals surface area contributed by atoms with E-state index < -0.39 is 0 Å². The van der Waals surface area contributed by atoms with E-state index in [-0.39, 0.29) is 12.4 Å². The second kappa shape index (κ2) is 5.46. The summed E-state index contributed by atoms with van der Waals surface area (Å²) in [4.78, 5) is 4.54. The third-order valence-corrected chi connectivity index (χ3v) is 3.12. The van der Waals surface area contributed by atoms with Crippen LogP contribution in [0.2, 0.25) is 0 Å². The van der Waals surface area contributed by atoms with Crippen LogP contribution in [0.5, 0.6) is 0 Å². The molecule has 0 fully saturated rings. The summed E-state index contributed by atoms with van der Waals surface area (Å²) in [7, 11) is 0. The Balaban J connectivity index is 0.00000147. The number of nitrogens with two attached hydrogens (primary N) is 1. The Bertz CT molecular complexity index is 736. The summed E-state index contributed by atoms with van der Waals surface area (Å²) in [5, 5.41) is 4.34. The van der Waals surface area contributed by atoms with Crippen molar-refractivity contribution in [3.63, 3.8) is 0 Å². The number of hydrogen-bond donors (Lipinski definition) is 1. The number of halogens is 1. The topological polar surface area (TPSA) is 60.1 Å². The minimum absolute atomic E-state index is 0. The lowest BCUT2D eigenvalue weighted by Gasteiger charge is -2.01. The number of rotatable bonds is 2. The molecule has 0 saturated heterocycles. The molecule has 0 spiro atoms. The molecule has 1 aromatic carbocycles. The molecule has 0 radical (unpaired) electrons. The number of aromatic nitrogens is 4. The molecule has 0 aliphatic heterocycles. The molecule has 5 nitrogen and oxygen atoms in total. The second-order valence-electron chi connectivity index (χ2n) is 4.68. The highest BCUT2D eigenvalue weighted by Crippen LogP contribution is 2.06. The molecule has 2 aromatic heterocycles. The van der Waals surface area contributed by atoms with Gasteiger partial charge < -0.3 is 18.1 Å². The smallest absolute Gasteiger partial charge is 0.359 e. The molecule has 2 N–H and O–H groups in total. The maximum atomic E-state index is 6.01. The molecule has 0 saturated carbocycles. The summed E-state index contributed by atoms with van der Waals surface area (Å²) < 4.78 is 3.71. The van der Waals surface area contributed by atoms with Crippen molar-refractivity contribution in [1.82, 2.24) is 14.6 Å². The van der Waals surface area contributed by atoms with Gasteiger partial charge in [-0.1, -0.05) is 30.3 Å². The highest BCUT2D eigenvalue weighted by molar-refractivity contribution is 5.29. The zero-order valence-electron chi connectivity index (χ0n) is 11.4. The van der Waals surface area contributed by atoms with Crippen LogP contribution >= 0.6 is 0 Å². The van der Waals surface area contributed by atoms with Gasteiger partial charge in [0.1, 0.15) is 0 Å². The molecule has 104 valence electrons. The molecule has 20 heavy (non-hydrogen) atoms. The molecule has 0 atom stereocenters. The van der Waals surface area contributed by atoms with E-state index in [0.29, 0.717) is 12.5 Å². The molecule has 0 aliphatic carbocycles. The van der Waals surface area contributed by atoms with Gasteiger partial charge in [0.05, 0.1) is 17.9 Å². The maximum Gasteiger partial charge on any atom is 0.359 e. The first-order valence-corrected chi connectivity index (χ1v) is 6.21. The van der Waals surface area contributed by atoms with Crippen LogP contribution < -0.4 is 22.7 Å². The molecule has 3 aromatic rings. The molecular formula is C14H16ClN5. The summed E-state index contributed by atoms with van der Waals surface area (Å²) >= 11 is 0. The van der Waals surface area contributed by atoms with Gasteiger partial charge in [0.15, 0.2) is 0 Å². The zero-order valence-corrected chi connectivity index (χ0v) is 12.2. The van der Waals surface area contributed by atoms with Crippen molar-refractivity contribution >= 4 is 11.7 Å². The highest BCUT2D eigenvalue weighted by atomic mass is 35.5.